The van der Waals surface area contributed by atoms with Crippen molar-refractivity contribution in [1.82, 2.24) is 19.3 Å². The van der Waals surface area contributed by atoms with Gasteiger partial charge in [-0.1, -0.05) is 6.07 Å². The number of carbonyl (C=O) groups is 1. The van der Waals surface area contributed by atoms with Crippen LogP contribution in [0, 0.1) is 12.8 Å². The van der Waals surface area contributed by atoms with Gasteiger partial charge in [0.15, 0.2) is 5.03 Å². The number of hydrogen-bond donors (Lipinski definition) is 2. The normalized spacial score (nSPS) is 16.9. The van der Waals surface area contributed by atoms with Gasteiger partial charge in [0.05, 0.1) is 12.5 Å². The van der Waals surface area contributed by atoms with Crippen molar-refractivity contribution in [3.05, 3.63) is 36.4 Å². The number of pyridine rings is 1. The highest BCUT2D eigenvalue weighted by atomic mass is 32.2. The van der Waals surface area contributed by atoms with E-state index < -0.39 is 10.0 Å². The van der Waals surface area contributed by atoms with Gasteiger partial charge in [-0.15, -0.1) is 0 Å². The van der Waals surface area contributed by atoms with Gasteiger partial charge in [-0.2, -0.15) is 4.31 Å². The average molecular weight is 349 g/mol. The molecule has 3 heterocycles. The number of H-pyrrole nitrogens is 1. The molecule has 1 amide bonds. The number of anilines is 1. The molecule has 8 nitrogen and oxygen atoms in total. The largest absolute Gasteiger partial charge is 0.335 e. The van der Waals surface area contributed by atoms with E-state index in [-0.39, 0.29) is 16.9 Å². The summed E-state index contributed by atoms with van der Waals surface area (Å²) >= 11 is 0. The van der Waals surface area contributed by atoms with Crippen molar-refractivity contribution in [3.8, 4) is 0 Å². The van der Waals surface area contributed by atoms with Crippen LogP contribution >= 0.6 is 0 Å². The Morgan fingerprint density at radius 3 is 2.71 bits per heavy atom. The molecule has 1 saturated heterocycles. The molecule has 0 saturated carbocycles. The maximum atomic E-state index is 12.4. The summed E-state index contributed by atoms with van der Waals surface area (Å²) in [7, 11) is -3.56. The minimum absolute atomic E-state index is 0.0781. The van der Waals surface area contributed by atoms with Crippen LogP contribution in [-0.2, 0) is 14.8 Å². The van der Waals surface area contributed by atoms with Crippen molar-refractivity contribution in [1.29, 1.82) is 0 Å². The fourth-order valence-electron chi connectivity index (χ4n) is 2.72. The minimum atomic E-state index is -3.56. The predicted octanol–water partition coefficient (Wildman–Crippen LogP) is 1.15. The van der Waals surface area contributed by atoms with E-state index in [0.717, 1.165) is 5.69 Å². The fraction of sp³-hybridized carbons (Fsp3) is 0.400. The van der Waals surface area contributed by atoms with Crippen LogP contribution in [0.1, 0.15) is 18.5 Å². The number of nitrogens with one attached hydrogen (secondary N) is 2. The Morgan fingerprint density at radius 2 is 2.08 bits per heavy atom. The Morgan fingerprint density at radius 1 is 1.33 bits per heavy atom. The SMILES string of the molecule is Cc1cccc(NC(=O)C2CCN(S(=O)(=O)c3cnc[nH]3)CC2)n1. The standard InChI is InChI=1S/C15H19N5O3S/c1-11-3-2-4-13(18-11)19-15(21)12-5-7-20(8-6-12)24(22,23)14-9-16-10-17-14/h2-4,9-10,12H,5-8H2,1H3,(H,16,17)(H,18,19,21). The van der Waals surface area contributed by atoms with E-state index in [2.05, 4.69) is 20.3 Å². The van der Waals surface area contributed by atoms with E-state index in [9.17, 15) is 13.2 Å². The van der Waals surface area contributed by atoms with Gasteiger partial charge in [0, 0.05) is 24.7 Å². The van der Waals surface area contributed by atoms with Gasteiger partial charge in [-0.3, -0.25) is 4.79 Å². The molecule has 2 N–H and O–H groups in total. The molecule has 2 aromatic rings. The molecule has 128 valence electrons. The fourth-order valence-corrected chi connectivity index (χ4v) is 4.09. The second kappa shape index (κ2) is 6.70. The number of piperidine rings is 1. The van der Waals surface area contributed by atoms with Crippen molar-refractivity contribution in [2.45, 2.75) is 24.8 Å². The minimum Gasteiger partial charge on any atom is -0.335 e. The smallest absolute Gasteiger partial charge is 0.260 e. The van der Waals surface area contributed by atoms with Gasteiger partial charge in [0.25, 0.3) is 10.0 Å². The Hall–Kier alpha value is -2.26. The molecule has 0 unspecified atom stereocenters. The molecule has 9 heteroatoms. The summed E-state index contributed by atoms with van der Waals surface area (Å²) in [5, 5.41) is 2.88. The molecular weight excluding hydrogens is 330 g/mol. The first kappa shape index (κ1) is 16.6. The molecule has 0 bridgehead atoms. The molecule has 1 aliphatic rings. The topological polar surface area (TPSA) is 108 Å². The number of aromatic amines is 1. The summed E-state index contributed by atoms with van der Waals surface area (Å²) in [6.07, 6.45) is 3.58. The Labute approximate surface area is 140 Å². The number of aryl methyl sites for hydroxylation is 1. The molecule has 0 atom stereocenters. The lowest BCUT2D eigenvalue weighted by Gasteiger charge is -2.29. The Kier molecular flexibility index (Phi) is 4.63. The molecule has 3 rings (SSSR count). The monoisotopic (exact) mass is 349 g/mol. The van der Waals surface area contributed by atoms with Crippen LogP contribution in [-0.4, -0.2) is 46.7 Å². The van der Waals surface area contributed by atoms with Gasteiger partial charge in [-0.25, -0.2) is 18.4 Å². The van der Waals surface area contributed by atoms with E-state index in [1.165, 1.54) is 16.8 Å². The summed E-state index contributed by atoms with van der Waals surface area (Å²) < 4.78 is 26.2. The second-order valence-corrected chi connectivity index (χ2v) is 7.65. The van der Waals surface area contributed by atoms with E-state index >= 15 is 0 Å². The molecule has 0 aliphatic carbocycles. The molecule has 0 spiro atoms. The maximum Gasteiger partial charge on any atom is 0.260 e. The number of amides is 1. The first-order valence-corrected chi connectivity index (χ1v) is 9.14. The first-order valence-electron chi connectivity index (χ1n) is 7.70. The number of sulfonamides is 1. The molecule has 2 aromatic heterocycles. The highest BCUT2D eigenvalue weighted by Crippen LogP contribution is 2.23. The highest BCUT2D eigenvalue weighted by Gasteiger charge is 2.32. The zero-order valence-corrected chi connectivity index (χ0v) is 14.1. The number of carbonyl (C=O) groups excluding carboxylic acids is 1. The lowest BCUT2D eigenvalue weighted by molar-refractivity contribution is -0.120. The van der Waals surface area contributed by atoms with Crippen molar-refractivity contribution in [3.63, 3.8) is 0 Å². The van der Waals surface area contributed by atoms with Crippen LogP contribution < -0.4 is 5.32 Å². The van der Waals surface area contributed by atoms with E-state index in [4.69, 9.17) is 0 Å². The number of rotatable bonds is 4. The van der Waals surface area contributed by atoms with Crippen LogP contribution in [0.15, 0.2) is 35.7 Å². The van der Waals surface area contributed by atoms with Crippen LogP contribution in [0.3, 0.4) is 0 Å². The van der Waals surface area contributed by atoms with Crippen molar-refractivity contribution in [2.24, 2.45) is 5.92 Å². The third kappa shape index (κ3) is 3.46. The molecule has 1 fully saturated rings. The van der Waals surface area contributed by atoms with Crippen molar-refractivity contribution in [2.75, 3.05) is 18.4 Å². The van der Waals surface area contributed by atoms with Crippen LogP contribution in [0.4, 0.5) is 5.82 Å². The number of nitrogens with zero attached hydrogens (tertiary/aromatic N) is 3. The summed E-state index contributed by atoms with van der Waals surface area (Å²) in [5.41, 5.74) is 0.827. The lowest BCUT2D eigenvalue weighted by Crippen LogP contribution is -2.41. The lowest BCUT2D eigenvalue weighted by atomic mass is 9.97. The number of aromatic nitrogens is 3. The summed E-state index contributed by atoms with van der Waals surface area (Å²) in [4.78, 5) is 22.9. The maximum absolute atomic E-state index is 12.4. The highest BCUT2D eigenvalue weighted by molar-refractivity contribution is 7.89. The third-order valence-corrected chi connectivity index (χ3v) is 5.88. The molecule has 24 heavy (non-hydrogen) atoms. The van der Waals surface area contributed by atoms with Crippen molar-refractivity contribution >= 4 is 21.7 Å². The number of imidazole rings is 1. The van der Waals surface area contributed by atoms with Gasteiger partial charge < -0.3 is 10.3 Å². The average Bonchev–Trinajstić information content (AvgIpc) is 3.10. The van der Waals surface area contributed by atoms with Gasteiger partial charge >= 0.3 is 0 Å². The Balaban J connectivity index is 1.60. The first-order chi connectivity index (χ1) is 11.5. The zero-order chi connectivity index (χ0) is 17.2. The Bertz CT molecular complexity index is 811. The van der Waals surface area contributed by atoms with Gasteiger partial charge in [0.2, 0.25) is 5.91 Å². The van der Waals surface area contributed by atoms with Crippen LogP contribution in [0.2, 0.25) is 0 Å². The number of hydrogen-bond acceptors (Lipinski definition) is 5. The van der Waals surface area contributed by atoms with Gasteiger partial charge in [-0.05, 0) is 31.9 Å². The molecule has 0 radical (unpaired) electrons. The van der Waals surface area contributed by atoms with E-state index in [1.54, 1.807) is 6.07 Å². The van der Waals surface area contributed by atoms with Crippen molar-refractivity contribution < 1.29 is 13.2 Å². The summed E-state index contributed by atoms with van der Waals surface area (Å²) in [6, 6.07) is 5.43. The van der Waals surface area contributed by atoms with Crippen LogP contribution in [0.25, 0.3) is 0 Å². The quantitative estimate of drug-likeness (QED) is 0.861. The summed E-state index contributed by atoms with van der Waals surface area (Å²) in [6.45, 7) is 2.47. The van der Waals surface area contributed by atoms with Crippen LogP contribution in [0.5, 0.6) is 0 Å². The predicted molar refractivity (Wildman–Crippen MR) is 87.7 cm³/mol. The van der Waals surface area contributed by atoms with E-state index in [0.29, 0.717) is 31.7 Å². The second-order valence-electron chi connectivity index (χ2n) is 5.75. The zero-order valence-electron chi connectivity index (χ0n) is 13.3. The van der Waals surface area contributed by atoms with Gasteiger partial charge in [0.1, 0.15) is 5.82 Å². The third-order valence-electron chi connectivity index (χ3n) is 4.06. The van der Waals surface area contributed by atoms with E-state index in [1.807, 2.05) is 19.1 Å². The molecular formula is C15H19N5O3S. The molecule has 1 aliphatic heterocycles. The molecule has 0 aromatic carbocycles. The summed E-state index contributed by atoms with van der Waals surface area (Å²) in [5.74, 6) is 0.180.